The monoisotopic (exact) mass is 229 g/mol. The quantitative estimate of drug-likeness (QED) is 0.794. The van der Waals surface area contributed by atoms with Gasteiger partial charge in [0.2, 0.25) is 0 Å². The SMILES string of the molecule is CC(CCl)C(C)NC(=O)c1ccnn1C. The van der Waals surface area contributed by atoms with E-state index in [-0.39, 0.29) is 17.9 Å². The molecule has 0 aromatic carbocycles. The van der Waals surface area contributed by atoms with Gasteiger partial charge in [-0.15, -0.1) is 11.6 Å². The fourth-order valence-corrected chi connectivity index (χ4v) is 1.42. The van der Waals surface area contributed by atoms with Gasteiger partial charge in [-0.05, 0) is 18.9 Å². The zero-order chi connectivity index (χ0) is 11.4. The van der Waals surface area contributed by atoms with Crippen molar-refractivity contribution in [3.8, 4) is 0 Å². The lowest BCUT2D eigenvalue weighted by atomic mass is 10.1. The number of nitrogens with one attached hydrogen (secondary N) is 1. The Morgan fingerprint density at radius 1 is 1.67 bits per heavy atom. The first-order valence-corrected chi connectivity index (χ1v) is 5.44. The summed E-state index contributed by atoms with van der Waals surface area (Å²) in [5, 5.41) is 6.83. The third-order valence-electron chi connectivity index (χ3n) is 2.51. The molecule has 0 aliphatic rings. The lowest BCUT2D eigenvalue weighted by molar-refractivity contribution is 0.0921. The number of carbonyl (C=O) groups is 1. The highest BCUT2D eigenvalue weighted by atomic mass is 35.5. The molecule has 1 N–H and O–H groups in total. The van der Waals surface area contributed by atoms with Crippen LogP contribution in [0.1, 0.15) is 24.3 Å². The standard InChI is InChI=1S/C10H16ClN3O/c1-7(6-11)8(2)13-10(15)9-4-5-12-14(9)3/h4-5,7-8H,6H2,1-3H3,(H,13,15). The van der Waals surface area contributed by atoms with Crippen molar-refractivity contribution in [2.75, 3.05) is 5.88 Å². The number of hydrogen-bond donors (Lipinski definition) is 1. The van der Waals surface area contributed by atoms with Crippen LogP contribution in [0.4, 0.5) is 0 Å². The maximum Gasteiger partial charge on any atom is 0.269 e. The highest BCUT2D eigenvalue weighted by Gasteiger charge is 2.16. The third kappa shape index (κ3) is 2.96. The molecule has 15 heavy (non-hydrogen) atoms. The van der Waals surface area contributed by atoms with Gasteiger partial charge in [-0.1, -0.05) is 6.92 Å². The van der Waals surface area contributed by atoms with Gasteiger partial charge >= 0.3 is 0 Å². The number of aromatic nitrogens is 2. The summed E-state index contributed by atoms with van der Waals surface area (Å²) >= 11 is 5.72. The summed E-state index contributed by atoms with van der Waals surface area (Å²) in [6.45, 7) is 3.95. The number of alkyl halides is 1. The summed E-state index contributed by atoms with van der Waals surface area (Å²) in [6, 6.07) is 1.75. The van der Waals surface area contributed by atoms with Crippen LogP contribution in [0.5, 0.6) is 0 Å². The molecule has 4 nitrogen and oxygen atoms in total. The van der Waals surface area contributed by atoms with Crippen molar-refractivity contribution in [3.63, 3.8) is 0 Å². The van der Waals surface area contributed by atoms with Gasteiger partial charge in [-0.2, -0.15) is 5.10 Å². The predicted octanol–water partition coefficient (Wildman–Crippen LogP) is 1.41. The zero-order valence-electron chi connectivity index (χ0n) is 9.20. The molecule has 2 unspecified atom stereocenters. The minimum atomic E-state index is -0.112. The lowest BCUT2D eigenvalue weighted by Gasteiger charge is -2.18. The van der Waals surface area contributed by atoms with E-state index >= 15 is 0 Å². The molecular weight excluding hydrogens is 214 g/mol. The van der Waals surface area contributed by atoms with Crippen LogP contribution in [0, 0.1) is 5.92 Å². The van der Waals surface area contributed by atoms with Crippen LogP contribution in [0.3, 0.4) is 0 Å². The van der Waals surface area contributed by atoms with Crippen molar-refractivity contribution in [2.24, 2.45) is 13.0 Å². The van der Waals surface area contributed by atoms with Crippen molar-refractivity contribution >= 4 is 17.5 Å². The van der Waals surface area contributed by atoms with Crippen LogP contribution in [0.25, 0.3) is 0 Å². The molecule has 0 aliphatic carbocycles. The number of halogens is 1. The fraction of sp³-hybridized carbons (Fsp3) is 0.600. The van der Waals surface area contributed by atoms with E-state index in [0.717, 1.165) is 0 Å². The first-order chi connectivity index (χ1) is 7.06. The van der Waals surface area contributed by atoms with E-state index in [2.05, 4.69) is 10.4 Å². The molecule has 84 valence electrons. The second-order valence-corrected chi connectivity index (χ2v) is 4.04. The summed E-state index contributed by atoms with van der Waals surface area (Å²) in [4.78, 5) is 11.7. The van der Waals surface area contributed by atoms with Crippen molar-refractivity contribution < 1.29 is 4.79 Å². The molecule has 0 saturated heterocycles. The molecule has 1 aromatic heterocycles. The Bertz CT molecular complexity index is 337. The maximum absolute atomic E-state index is 11.7. The Balaban J connectivity index is 2.60. The molecule has 0 aliphatic heterocycles. The summed E-state index contributed by atoms with van der Waals surface area (Å²) < 4.78 is 1.55. The van der Waals surface area contributed by atoms with Crippen LogP contribution in [0.15, 0.2) is 12.3 Å². The van der Waals surface area contributed by atoms with E-state index in [1.54, 1.807) is 24.0 Å². The Morgan fingerprint density at radius 2 is 2.33 bits per heavy atom. The molecule has 2 atom stereocenters. The number of amides is 1. The molecule has 1 aromatic rings. The van der Waals surface area contributed by atoms with E-state index in [0.29, 0.717) is 11.6 Å². The van der Waals surface area contributed by atoms with Crippen LogP contribution < -0.4 is 5.32 Å². The Kier molecular flexibility index (Phi) is 4.15. The second-order valence-electron chi connectivity index (χ2n) is 3.73. The van der Waals surface area contributed by atoms with E-state index < -0.39 is 0 Å². The molecule has 1 heterocycles. The number of hydrogen-bond acceptors (Lipinski definition) is 2. The van der Waals surface area contributed by atoms with Gasteiger partial charge in [0.25, 0.3) is 5.91 Å². The Hall–Kier alpha value is -1.03. The summed E-state index contributed by atoms with van der Waals surface area (Å²) in [6.07, 6.45) is 1.60. The van der Waals surface area contributed by atoms with Crippen molar-refractivity contribution in [1.29, 1.82) is 0 Å². The molecule has 0 bridgehead atoms. The molecular formula is C10H16ClN3O. The summed E-state index contributed by atoms with van der Waals surface area (Å²) in [5.74, 6) is 0.677. The molecule has 0 radical (unpaired) electrons. The van der Waals surface area contributed by atoms with Gasteiger partial charge in [0, 0.05) is 25.2 Å². The first-order valence-electron chi connectivity index (χ1n) is 4.91. The minimum Gasteiger partial charge on any atom is -0.348 e. The Morgan fingerprint density at radius 3 is 2.80 bits per heavy atom. The fourth-order valence-electron chi connectivity index (χ4n) is 1.15. The van der Waals surface area contributed by atoms with Crippen LogP contribution in [-0.2, 0) is 7.05 Å². The Labute approximate surface area is 94.6 Å². The predicted molar refractivity (Wildman–Crippen MR) is 60.0 cm³/mol. The largest absolute Gasteiger partial charge is 0.348 e. The highest BCUT2D eigenvalue weighted by Crippen LogP contribution is 2.06. The van der Waals surface area contributed by atoms with Gasteiger partial charge < -0.3 is 5.32 Å². The van der Waals surface area contributed by atoms with Crippen molar-refractivity contribution in [3.05, 3.63) is 18.0 Å². The number of aryl methyl sites for hydroxylation is 1. The third-order valence-corrected chi connectivity index (χ3v) is 3.00. The van der Waals surface area contributed by atoms with Crippen molar-refractivity contribution in [1.82, 2.24) is 15.1 Å². The number of carbonyl (C=O) groups excluding carboxylic acids is 1. The molecule has 0 saturated carbocycles. The second kappa shape index (κ2) is 5.16. The van der Waals surface area contributed by atoms with E-state index in [4.69, 9.17) is 11.6 Å². The van der Waals surface area contributed by atoms with Crippen LogP contribution in [-0.4, -0.2) is 27.6 Å². The van der Waals surface area contributed by atoms with Gasteiger partial charge in [0.15, 0.2) is 0 Å². The van der Waals surface area contributed by atoms with Gasteiger partial charge in [0.1, 0.15) is 5.69 Å². The van der Waals surface area contributed by atoms with Crippen LogP contribution in [0.2, 0.25) is 0 Å². The molecule has 1 rings (SSSR count). The summed E-state index contributed by atoms with van der Waals surface area (Å²) in [7, 11) is 1.74. The molecule has 0 spiro atoms. The number of nitrogens with zero attached hydrogens (tertiary/aromatic N) is 2. The topological polar surface area (TPSA) is 46.9 Å². The van der Waals surface area contributed by atoms with Gasteiger partial charge in [-0.25, -0.2) is 0 Å². The average Bonchev–Trinajstić information content (AvgIpc) is 2.63. The smallest absolute Gasteiger partial charge is 0.269 e. The maximum atomic E-state index is 11.7. The molecule has 0 fully saturated rings. The van der Waals surface area contributed by atoms with Gasteiger partial charge in [-0.3, -0.25) is 9.48 Å². The van der Waals surface area contributed by atoms with E-state index in [1.807, 2.05) is 13.8 Å². The highest BCUT2D eigenvalue weighted by molar-refractivity contribution is 6.18. The molecule has 1 amide bonds. The van der Waals surface area contributed by atoms with Gasteiger partial charge in [0.05, 0.1) is 0 Å². The van der Waals surface area contributed by atoms with Crippen molar-refractivity contribution in [2.45, 2.75) is 19.9 Å². The first kappa shape index (κ1) is 12.0. The minimum absolute atomic E-state index is 0.0601. The van der Waals surface area contributed by atoms with E-state index in [1.165, 1.54) is 0 Å². The molecule has 5 heteroatoms. The normalized spacial score (nSPS) is 14.7. The average molecular weight is 230 g/mol. The van der Waals surface area contributed by atoms with Crippen LogP contribution >= 0.6 is 11.6 Å². The van der Waals surface area contributed by atoms with E-state index in [9.17, 15) is 4.79 Å². The lowest BCUT2D eigenvalue weighted by Crippen LogP contribution is -2.38. The zero-order valence-corrected chi connectivity index (χ0v) is 9.95. The summed E-state index contributed by atoms with van der Waals surface area (Å²) in [5.41, 5.74) is 0.559. The number of rotatable bonds is 4.